The highest BCUT2D eigenvalue weighted by molar-refractivity contribution is 6.35. The molecule has 1 atom stereocenters. The fourth-order valence-electron chi connectivity index (χ4n) is 2.03. The van der Waals surface area contributed by atoms with Gasteiger partial charge < -0.3 is 15.1 Å². The molecule has 120 valence electrons. The van der Waals surface area contributed by atoms with Gasteiger partial charge in [0.05, 0.1) is 18.2 Å². The summed E-state index contributed by atoms with van der Waals surface area (Å²) in [5.41, 5.74) is 6.78. The molecule has 1 unspecified atom stereocenters. The Kier molecular flexibility index (Phi) is 6.75. The zero-order valence-corrected chi connectivity index (χ0v) is 14.5. The summed E-state index contributed by atoms with van der Waals surface area (Å²) in [6, 6.07) is 6.69. The highest BCUT2D eigenvalue weighted by Gasteiger charge is 2.22. The van der Waals surface area contributed by atoms with Gasteiger partial charge in [-0.1, -0.05) is 29.3 Å². The van der Waals surface area contributed by atoms with Gasteiger partial charge in [-0.15, -0.1) is 12.4 Å². The molecule has 0 saturated heterocycles. The molecular weight excluding hydrogens is 347 g/mol. The van der Waals surface area contributed by atoms with E-state index in [1.165, 1.54) is 6.26 Å². The normalized spacial score (nSPS) is 11.7. The third-order valence-corrected chi connectivity index (χ3v) is 3.98. The number of nitrogens with zero attached hydrogens (tertiary/aromatic N) is 1. The first kappa shape index (κ1) is 18.8. The number of carbonyl (C=O) groups excluding carboxylic acids is 1. The van der Waals surface area contributed by atoms with Crippen molar-refractivity contribution in [3.63, 3.8) is 0 Å². The van der Waals surface area contributed by atoms with Crippen LogP contribution < -0.4 is 5.73 Å². The van der Waals surface area contributed by atoms with Gasteiger partial charge in [0.25, 0.3) is 5.91 Å². The van der Waals surface area contributed by atoms with Gasteiger partial charge in [-0.25, -0.2) is 0 Å². The number of halogens is 3. The zero-order chi connectivity index (χ0) is 15.6. The standard InChI is InChI=1S/C15H16Cl2N2O2.ClH/c1-9(13-4-3-11(16)6-14(13)17)19(2)15(20)10-5-12(7-18)21-8-10;/h3-6,8-9H,7,18H2,1-2H3;1H. The molecular formula is C15H17Cl3N2O2. The molecule has 0 saturated carbocycles. The molecule has 0 aliphatic heterocycles. The van der Waals surface area contributed by atoms with E-state index in [9.17, 15) is 4.79 Å². The maximum absolute atomic E-state index is 12.4. The molecule has 22 heavy (non-hydrogen) atoms. The third-order valence-electron chi connectivity index (χ3n) is 3.42. The van der Waals surface area contributed by atoms with Crippen molar-refractivity contribution in [2.45, 2.75) is 19.5 Å². The Hall–Kier alpha value is -1.20. The summed E-state index contributed by atoms with van der Waals surface area (Å²) in [6.07, 6.45) is 1.41. The van der Waals surface area contributed by atoms with Crippen LogP contribution in [0.25, 0.3) is 0 Å². The SMILES string of the molecule is CC(c1ccc(Cl)cc1Cl)N(C)C(=O)c1coc(CN)c1.Cl. The van der Waals surface area contributed by atoms with Crippen LogP contribution in [0.5, 0.6) is 0 Å². The average molecular weight is 364 g/mol. The Bertz CT molecular complexity index is 658. The number of furan rings is 1. The summed E-state index contributed by atoms with van der Waals surface area (Å²) in [6.45, 7) is 2.16. The Balaban J connectivity index is 0.00000242. The van der Waals surface area contributed by atoms with Gasteiger partial charge in [0, 0.05) is 17.1 Å². The number of nitrogens with two attached hydrogens (primary N) is 1. The van der Waals surface area contributed by atoms with Crippen LogP contribution in [0.1, 0.15) is 34.6 Å². The molecule has 0 spiro atoms. The zero-order valence-electron chi connectivity index (χ0n) is 12.2. The fourth-order valence-corrected chi connectivity index (χ4v) is 2.59. The molecule has 2 rings (SSSR count). The summed E-state index contributed by atoms with van der Waals surface area (Å²) in [5, 5.41) is 1.09. The second-order valence-corrected chi connectivity index (χ2v) is 5.61. The van der Waals surface area contributed by atoms with E-state index in [-0.39, 0.29) is 30.9 Å². The first-order valence-corrected chi connectivity index (χ1v) is 7.19. The summed E-state index contributed by atoms with van der Waals surface area (Å²) < 4.78 is 5.19. The van der Waals surface area contributed by atoms with Crippen LogP contribution in [0.15, 0.2) is 34.9 Å². The van der Waals surface area contributed by atoms with Crippen LogP contribution in [0.4, 0.5) is 0 Å². The molecule has 1 amide bonds. The van der Waals surface area contributed by atoms with Gasteiger partial charge in [-0.05, 0) is 30.7 Å². The molecule has 4 nitrogen and oxygen atoms in total. The molecule has 0 radical (unpaired) electrons. The summed E-state index contributed by atoms with van der Waals surface area (Å²) >= 11 is 12.1. The van der Waals surface area contributed by atoms with Crippen molar-refractivity contribution in [2.24, 2.45) is 5.73 Å². The van der Waals surface area contributed by atoms with Crippen LogP contribution in [-0.4, -0.2) is 17.9 Å². The van der Waals surface area contributed by atoms with Gasteiger partial charge >= 0.3 is 0 Å². The molecule has 2 aromatic rings. The van der Waals surface area contributed by atoms with Crippen molar-refractivity contribution in [3.8, 4) is 0 Å². The van der Waals surface area contributed by atoms with E-state index in [1.807, 2.05) is 13.0 Å². The number of carbonyl (C=O) groups is 1. The molecule has 0 aliphatic carbocycles. The van der Waals surface area contributed by atoms with Crippen LogP contribution in [0.3, 0.4) is 0 Å². The number of amides is 1. The molecule has 0 aliphatic rings. The average Bonchev–Trinajstić information content (AvgIpc) is 2.94. The van der Waals surface area contributed by atoms with Crippen molar-refractivity contribution in [1.82, 2.24) is 4.90 Å². The molecule has 1 heterocycles. The predicted octanol–water partition coefficient (Wildman–Crippen LogP) is 4.30. The van der Waals surface area contributed by atoms with E-state index in [1.54, 1.807) is 30.1 Å². The number of rotatable bonds is 4. The minimum absolute atomic E-state index is 0. The van der Waals surface area contributed by atoms with E-state index in [0.29, 0.717) is 21.4 Å². The van der Waals surface area contributed by atoms with Gasteiger partial charge in [-0.3, -0.25) is 4.79 Å². The number of benzene rings is 1. The first-order chi connectivity index (χ1) is 9.93. The molecule has 2 N–H and O–H groups in total. The Morgan fingerprint density at radius 1 is 1.36 bits per heavy atom. The largest absolute Gasteiger partial charge is 0.467 e. The minimum atomic E-state index is -0.196. The Morgan fingerprint density at radius 3 is 2.59 bits per heavy atom. The van der Waals surface area contributed by atoms with E-state index in [2.05, 4.69) is 0 Å². The van der Waals surface area contributed by atoms with E-state index in [4.69, 9.17) is 33.4 Å². The number of hydrogen-bond acceptors (Lipinski definition) is 3. The van der Waals surface area contributed by atoms with Gasteiger partial charge in [0.2, 0.25) is 0 Å². The fraction of sp³-hybridized carbons (Fsp3) is 0.267. The monoisotopic (exact) mass is 362 g/mol. The molecule has 0 fully saturated rings. The van der Waals surface area contributed by atoms with Crippen molar-refractivity contribution >= 4 is 41.5 Å². The highest BCUT2D eigenvalue weighted by atomic mass is 35.5. The second kappa shape index (κ2) is 7.88. The van der Waals surface area contributed by atoms with Crippen LogP contribution in [-0.2, 0) is 6.54 Å². The van der Waals surface area contributed by atoms with Crippen molar-refractivity contribution in [1.29, 1.82) is 0 Å². The summed E-state index contributed by atoms with van der Waals surface area (Å²) in [7, 11) is 1.72. The minimum Gasteiger partial charge on any atom is -0.467 e. The summed E-state index contributed by atoms with van der Waals surface area (Å²) in [4.78, 5) is 14.0. The lowest BCUT2D eigenvalue weighted by Crippen LogP contribution is -2.29. The first-order valence-electron chi connectivity index (χ1n) is 6.43. The van der Waals surface area contributed by atoms with Crippen LogP contribution >= 0.6 is 35.6 Å². The van der Waals surface area contributed by atoms with Crippen molar-refractivity contribution < 1.29 is 9.21 Å². The third kappa shape index (κ3) is 3.96. The quantitative estimate of drug-likeness (QED) is 0.881. The molecule has 1 aromatic carbocycles. The lowest BCUT2D eigenvalue weighted by molar-refractivity contribution is 0.0742. The lowest BCUT2D eigenvalue weighted by atomic mass is 10.1. The van der Waals surface area contributed by atoms with Crippen molar-refractivity contribution in [2.75, 3.05) is 7.05 Å². The Labute approximate surface area is 145 Å². The molecule has 1 aromatic heterocycles. The topological polar surface area (TPSA) is 59.5 Å². The smallest absolute Gasteiger partial charge is 0.257 e. The van der Waals surface area contributed by atoms with Crippen LogP contribution in [0, 0.1) is 0 Å². The molecule has 0 bridgehead atoms. The second-order valence-electron chi connectivity index (χ2n) is 4.76. The van der Waals surface area contributed by atoms with E-state index in [0.717, 1.165) is 5.56 Å². The van der Waals surface area contributed by atoms with Gasteiger partial charge in [0.1, 0.15) is 12.0 Å². The van der Waals surface area contributed by atoms with E-state index < -0.39 is 0 Å². The maximum Gasteiger partial charge on any atom is 0.257 e. The van der Waals surface area contributed by atoms with Crippen molar-refractivity contribution in [3.05, 3.63) is 57.5 Å². The Morgan fingerprint density at radius 2 is 2.05 bits per heavy atom. The summed E-state index contributed by atoms with van der Waals surface area (Å²) in [5.74, 6) is 0.417. The van der Waals surface area contributed by atoms with Gasteiger partial charge in [-0.2, -0.15) is 0 Å². The van der Waals surface area contributed by atoms with Crippen LogP contribution in [0.2, 0.25) is 10.0 Å². The maximum atomic E-state index is 12.4. The lowest BCUT2D eigenvalue weighted by Gasteiger charge is -2.25. The predicted molar refractivity (Wildman–Crippen MR) is 90.8 cm³/mol. The highest BCUT2D eigenvalue weighted by Crippen LogP contribution is 2.29. The van der Waals surface area contributed by atoms with Gasteiger partial charge in [0.15, 0.2) is 0 Å². The number of hydrogen-bond donors (Lipinski definition) is 1. The van der Waals surface area contributed by atoms with E-state index >= 15 is 0 Å². The molecule has 7 heteroatoms.